The van der Waals surface area contributed by atoms with E-state index in [0.717, 1.165) is 0 Å². The second-order valence-electron chi connectivity index (χ2n) is 6.29. The van der Waals surface area contributed by atoms with Crippen LogP contribution in [-0.4, -0.2) is 50.8 Å². The highest BCUT2D eigenvalue weighted by Crippen LogP contribution is 2.30. The molecule has 1 aromatic carbocycles. The Morgan fingerprint density at radius 1 is 1.37 bits per heavy atom. The lowest BCUT2D eigenvalue weighted by Gasteiger charge is -2.18. The Balaban J connectivity index is 2.12. The summed E-state index contributed by atoms with van der Waals surface area (Å²) >= 11 is 0. The van der Waals surface area contributed by atoms with Crippen LogP contribution in [0.2, 0.25) is 5.82 Å². The summed E-state index contributed by atoms with van der Waals surface area (Å²) in [5, 5.41) is 27.0. The number of nitrogens with zero attached hydrogens (tertiary/aromatic N) is 3. The molecule has 10 heteroatoms. The quantitative estimate of drug-likeness (QED) is 0.390. The lowest BCUT2D eigenvalue weighted by atomic mass is 9.67. The number of rotatable bonds is 10. The van der Waals surface area contributed by atoms with Gasteiger partial charge in [0.1, 0.15) is 12.3 Å². The average molecular weight is 374 g/mol. The molecule has 4 N–H and O–H groups in total. The van der Waals surface area contributed by atoms with Crippen molar-refractivity contribution >= 4 is 18.7 Å². The monoisotopic (exact) mass is 374 g/mol. The van der Waals surface area contributed by atoms with Gasteiger partial charge in [0.2, 0.25) is 0 Å². The predicted molar refractivity (Wildman–Crippen MR) is 98.2 cm³/mol. The lowest BCUT2D eigenvalue weighted by Crippen LogP contribution is -2.26. The molecule has 0 saturated carbocycles. The highest BCUT2D eigenvalue weighted by Gasteiger charge is 2.28. The zero-order valence-electron chi connectivity index (χ0n) is 15.3. The summed E-state index contributed by atoms with van der Waals surface area (Å²) in [6, 6.07) is 5.07. The molecule has 0 fully saturated rings. The van der Waals surface area contributed by atoms with E-state index < -0.39 is 12.9 Å². The highest BCUT2D eigenvalue weighted by molar-refractivity contribution is 6.43. The van der Waals surface area contributed by atoms with Gasteiger partial charge in [0.05, 0.1) is 24.6 Å². The molecule has 1 aromatic heterocycles. The maximum absolute atomic E-state index is 12.3. The summed E-state index contributed by atoms with van der Waals surface area (Å²) in [5.74, 6) is -0.769. The normalized spacial score (nSPS) is 11.9. The number of para-hydroxylation sites is 1. The van der Waals surface area contributed by atoms with E-state index in [1.165, 1.54) is 18.7 Å². The molecule has 0 radical (unpaired) electrons. The van der Waals surface area contributed by atoms with Crippen LogP contribution >= 0.6 is 0 Å². The number of carbonyl (C=O) groups excluding carboxylic acids is 2. The van der Waals surface area contributed by atoms with Gasteiger partial charge in [-0.25, -0.2) is 4.68 Å². The third-order valence-electron chi connectivity index (χ3n) is 4.21. The molecule has 0 saturated heterocycles. The summed E-state index contributed by atoms with van der Waals surface area (Å²) in [5.41, 5.74) is 7.05. The van der Waals surface area contributed by atoms with E-state index in [9.17, 15) is 19.6 Å². The number of nitrogens with two attached hydrogens (primary N) is 1. The average Bonchev–Trinajstić information content (AvgIpc) is 3.08. The van der Waals surface area contributed by atoms with Gasteiger partial charge >= 0.3 is 7.12 Å². The van der Waals surface area contributed by atoms with Crippen molar-refractivity contribution in [2.45, 2.75) is 38.7 Å². The Labute approximate surface area is 157 Å². The van der Waals surface area contributed by atoms with Gasteiger partial charge in [-0.1, -0.05) is 17.3 Å². The maximum Gasteiger partial charge on any atom is 0.455 e. The number of hydrogen-bond donors (Lipinski definition) is 3. The molecule has 1 heterocycles. The first-order chi connectivity index (χ1) is 12.8. The fourth-order valence-corrected chi connectivity index (χ4v) is 2.88. The summed E-state index contributed by atoms with van der Waals surface area (Å²) < 4.78 is 6.69. The highest BCUT2D eigenvalue weighted by atomic mass is 16.5. The van der Waals surface area contributed by atoms with Crippen LogP contribution in [0.25, 0.3) is 0 Å². The number of Topliss-reactive ketones (excluding diaryl/α,β-unsaturated/α-hetero) is 2. The van der Waals surface area contributed by atoms with Gasteiger partial charge in [0.25, 0.3) is 0 Å². The van der Waals surface area contributed by atoms with Gasteiger partial charge in [-0.15, -0.1) is 5.10 Å². The van der Waals surface area contributed by atoms with Crippen molar-refractivity contribution in [1.29, 1.82) is 0 Å². The van der Waals surface area contributed by atoms with Crippen molar-refractivity contribution in [3.63, 3.8) is 0 Å². The summed E-state index contributed by atoms with van der Waals surface area (Å²) in [7, 11) is -0.254. The van der Waals surface area contributed by atoms with Crippen LogP contribution in [0.1, 0.15) is 35.0 Å². The van der Waals surface area contributed by atoms with Crippen LogP contribution in [0.15, 0.2) is 24.4 Å². The molecule has 144 valence electrons. The van der Waals surface area contributed by atoms with E-state index in [2.05, 4.69) is 10.3 Å². The van der Waals surface area contributed by atoms with Crippen LogP contribution < -0.4 is 10.5 Å². The summed E-state index contributed by atoms with van der Waals surface area (Å²) in [6.45, 7) is 1.61. The molecular formula is C17H23BN4O5. The van der Waals surface area contributed by atoms with Gasteiger partial charge in [-0.3, -0.25) is 9.59 Å². The lowest BCUT2D eigenvalue weighted by molar-refractivity contribution is -0.120. The van der Waals surface area contributed by atoms with Crippen molar-refractivity contribution < 1.29 is 24.4 Å². The largest absolute Gasteiger partial charge is 0.496 e. The third kappa shape index (κ3) is 5.46. The molecule has 0 amide bonds. The zero-order valence-corrected chi connectivity index (χ0v) is 15.3. The molecule has 0 aliphatic rings. The number of ketones is 2. The molecule has 0 unspecified atom stereocenters. The first-order valence-electron chi connectivity index (χ1n) is 8.49. The standard InChI is InChI=1S/C17H23BN4O5/c1-11(23)16-5-3-4-12(17(16)27-2)6-13(18(25)26)7-15(24)10-22-9-14(8-19)20-21-22/h3-5,9,13,25-26H,6-8,10,19H2,1-2H3/t13-/m1/s1. The predicted octanol–water partition coefficient (Wildman–Crippen LogP) is -0.00710. The smallest absolute Gasteiger partial charge is 0.455 e. The van der Waals surface area contributed by atoms with Crippen LogP contribution in [0.4, 0.5) is 0 Å². The molecule has 2 rings (SSSR count). The third-order valence-corrected chi connectivity index (χ3v) is 4.21. The summed E-state index contributed by atoms with van der Waals surface area (Å²) in [6.07, 6.45) is 1.66. The van der Waals surface area contributed by atoms with Gasteiger partial charge in [-0.2, -0.15) is 0 Å². The minimum Gasteiger partial charge on any atom is -0.496 e. The Hall–Kier alpha value is -2.56. The van der Waals surface area contributed by atoms with Crippen molar-refractivity contribution in [1.82, 2.24) is 15.0 Å². The van der Waals surface area contributed by atoms with Gasteiger partial charge in [0.15, 0.2) is 11.6 Å². The fourth-order valence-electron chi connectivity index (χ4n) is 2.88. The Morgan fingerprint density at radius 3 is 2.67 bits per heavy atom. The summed E-state index contributed by atoms with van der Waals surface area (Å²) in [4.78, 5) is 24.1. The van der Waals surface area contributed by atoms with Crippen LogP contribution in [0.3, 0.4) is 0 Å². The van der Waals surface area contributed by atoms with Gasteiger partial charge in [0, 0.05) is 18.8 Å². The number of carbonyl (C=O) groups is 2. The molecule has 9 nitrogen and oxygen atoms in total. The number of aromatic nitrogens is 3. The number of ether oxygens (including phenoxy) is 1. The van der Waals surface area contributed by atoms with Crippen LogP contribution in [0.5, 0.6) is 5.75 Å². The fraction of sp³-hybridized carbons (Fsp3) is 0.412. The topological polar surface area (TPSA) is 141 Å². The molecule has 2 aromatic rings. The Morgan fingerprint density at radius 2 is 2.11 bits per heavy atom. The molecule has 0 aliphatic carbocycles. The molecular weight excluding hydrogens is 351 g/mol. The zero-order chi connectivity index (χ0) is 20.0. The van der Waals surface area contributed by atoms with Crippen LogP contribution in [0, 0.1) is 0 Å². The van der Waals surface area contributed by atoms with Gasteiger partial charge < -0.3 is 20.5 Å². The first-order valence-corrected chi connectivity index (χ1v) is 8.49. The van der Waals surface area contributed by atoms with E-state index in [1.807, 2.05) is 0 Å². The maximum atomic E-state index is 12.3. The van der Waals surface area contributed by atoms with Crippen molar-refractivity contribution in [3.05, 3.63) is 41.2 Å². The minimum absolute atomic E-state index is 0.0408. The van der Waals surface area contributed by atoms with Crippen molar-refractivity contribution in [3.8, 4) is 5.75 Å². The van der Waals surface area contributed by atoms with E-state index >= 15 is 0 Å². The molecule has 0 bridgehead atoms. The number of methoxy groups -OCH3 is 1. The van der Waals surface area contributed by atoms with Crippen molar-refractivity contribution in [2.24, 2.45) is 5.73 Å². The van der Waals surface area contributed by atoms with Crippen molar-refractivity contribution in [2.75, 3.05) is 7.11 Å². The Kier molecular flexibility index (Phi) is 7.23. The van der Waals surface area contributed by atoms with E-state index in [4.69, 9.17) is 10.5 Å². The second kappa shape index (κ2) is 9.40. The second-order valence-corrected chi connectivity index (χ2v) is 6.29. The van der Waals surface area contributed by atoms with E-state index in [-0.39, 0.29) is 37.5 Å². The molecule has 27 heavy (non-hydrogen) atoms. The molecule has 0 spiro atoms. The number of hydrogen-bond acceptors (Lipinski definition) is 8. The van der Waals surface area contributed by atoms with E-state index in [1.54, 1.807) is 24.4 Å². The van der Waals surface area contributed by atoms with E-state index in [0.29, 0.717) is 22.6 Å². The minimum atomic E-state index is -1.70. The SMILES string of the molecule is COc1c(C[C@H](CC(=O)Cn2cc(CN)nn2)B(O)O)cccc1C(C)=O. The first kappa shape index (κ1) is 20.8. The number of benzene rings is 1. The molecule has 1 atom stereocenters. The Bertz CT molecular complexity index is 808. The van der Waals surface area contributed by atoms with Gasteiger partial charge in [-0.05, 0) is 25.0 Å². The van der Waals surface area contributed by atoms with Crippen LogP contribution in [-0.2, 0) is 24.3 Å². The molecule has 0 aliphatic heterocycles.